The first-order valence-electron chi connectivity index (χ1n) is 10.5. The van der Waals surface area contributed by atoms with Crippen molar-refractivity contribution in [2.45, 2.75) is 38.6 Å². The van der Waals surface area contributed by atoms with Crippen LogP contribution in [0.1, 0.15) is 42.9 Å². The Kier molecular flexibility index (Phi) is 7.31. The Balaban J connectivity index is 1.61. The first-order valence-corrected chi connectivity index (χ1v) is 10.5. The number of piperidine rings is 1. The number of nitrogens with one attached hydrogen (secondary N) is 1. The molecule has 1 unspecified atom stereocenters. The molecule has 6 heteroatoms. The first-order chi connectivity index (χ1) is 13.6. The van der Waals surface area contributed by atoms with E-state index in [0.29, 0.717) is 6.04 Å². The van der Waals surface area contributed by atoms with Crippen LogP contribution in [0.25, 0.3) is 0 Å². The molecule has 0 spiro atoms. The maximum atomic E-state index is 11.8. The summed E-state index contributed by atoms with van der Waals surface area (Å²) >= 11 is 0. The molecule has 2 aliphatic heterocycles. The SMILES string of the molecule is CN=C(NCC(c1ccc(C)cc1)N1CCCC1)N1CCC(C(=O)OC)CC1. The number of benzene rings is 1. The van der Waals surface area contributed by atoms with Crippen molar-refractivity contribution in [2.24, 2.45) is 10.9 Å². The summed E-state index contributed by atoms with van der Waals surface area (Å²) in [5.74, 6) is 0.861. The van der Waals surface area contributed by atoms with E-state index in [1.807, 2.05) is 7.05 Å². The second-order valence-electron chi connectivity index (χ2n) is 7.88. The lowest BCUT2D eigenvalue weighted by molar-refractivity contribution is -0.146. The number of aliphatic imine (C=N–C) groups is 1. The van der Waals surface area contributed by atoms with Crippen LogP contribution in [-0.2, 0) is 9.53 Å². The topological polar surface area (TPSA) is 57.2 Å². The molecule has 2 heterocycles. The molecule has 2 aliphatic rings. The van der Waals surface area contributed by atoms with Crippen LogP contribution in [0, 0.1) is 12.8 Å². The number of esters is 1. The van der Waals surface area contributed by atoms with E-state index in [2.05, 4.69) is 51.3 Å². The van der Waals surface area contributed by atoms with Crippen molar-refractivity contribution < 1.29 is 9.53 Å². The van der Waals surface area contributed by atoms with Crippen LogP contribution in [0.4, 0.5) is 0 Å². The number of nitrogens with zero attached hydrogens (tertiary/aromatic N) is 3. The maximum Gasteiger partial charge on any atom is 0.308 e. The van der Waals surface area contributed by atoms with Crippen molar-refractivity contribution in [3.05, 3.63) is 35.4 Å². The van der Waals surface area contributed by atoms with Gasteiger partial charge >= 0.3 is 5.97 Å². The van der Waals surface area contributed by atoms with Crippen molar-refractivity contribution in [3.8, 4) is 0 Å². The molecule has 1 aromatic carbocycles. The molecule has 0 amide bonds. The molecule has 0 bridgehead atoms. The molecule has 2 fully saturated rings. The molecule has 28 heavy (non-hydrogen) atoms. The van der Waals surface area contributed by atoms with Gasteiger partial charge in [-0.15, -0.1) is 0 Å². The van der Waals surface area contributed by atoms with Crippen LogP contribution in [-0.4, -0.2) is 68.6 Å². The summed E-state index contributed by atoms with van der Waals surface area (Å²) in [4.78, 5) is 21.1. The van der Waals surface area contributed by atoms with Gasteiger partial charge in [0.2, 0.25) is 0 Å². The fourth-order valence-corrected chi connectivity index (χ4v) is 4.31. The molecule has 2 saturated heterocycles. The third-order valence-electron chi connectivity index (χ3n) is 6.04. The van der Waals surface area contributed by atoms with Crippen LogP contribution in [0.2, 0.25) is 0 Å². The lowest BCUT2D eigenvalue weighted by Crippen LogP contribution is -2.48. The minimum Gasteiger partial charge on any atom is -0.469 e. The van der Waals surface area contributed by atoms with E-state index in [9.17, 15) is 4.79 Å². The number of ether oxygens (including phenoxy) is 1. The number of carbonyl (C=O) groups is 1. The number of likely N-dealkylation sites (tertiary alicyclic amines) is 2. The van der Waals surface area contributed by atoms with Gasteiger partial charge in [0.05, 0.1) is 19.1 Å². The van der Waals surface area contributed by atoms with Crippen LogP contribution >= 0.6 is 0 Å². The van der Waals surface area contributed by atoms with Gasteiger partial charge < -0.3 is 15.0 Å². The number of hydrogen-bond acceptors (Lipinski definition) is 4. The Bertz CT molecular complexity index is 660. The zero-order valence-corrected chi connectivity index (χ0v) is 17.5. The first kappa shape index (κ1) is 20.6. The van der Waals surface area contributed by atoms with Crippen molar-refractivity contribution in [1.82, 2.24) is 15.1 Å². The maximum absolute atomic E-state index is 11.8. The summed E-state index contributed by atoms with van der Waals surface area (Å²) in [6, 6.07) is 9.26. The molecular formula is C22H34N4O2. The van der Waals surface area contributed by atoms with E-state index >= 15 is 0 Å². The number of aryl methyl sites for hydroxylation is 1. The average Bonchev–Trinajstić information content (AvgIpc) is 3.26. The highest BCUT2D eigenvalue weighted by atomic mass is 16.5. The fourth-order valence-electron chi connectivity index (χ4n) is 4.31. The van der Waals surface area contributed by atoms with Crippen molar-refractivity contribution in [1.29, 1.82) is 0 Å². The number of rotatable bonds is 5. The number of carbonyl (C=O) groups excluding carboxylic acids is 1. The molecule has 6 nitrogen and oxygen atoms in total. The van der Waals surface area contributed by atoms with Crippen LogP contribution in [0.5, 0.6) is 0 Å². The van der Waals surface area contributed by atoms with E-state index in [0.717, 1.165) is 51.5 Å². The van der Waals surface area contributed by atoms with Gasteiger partial charge in [0, 0.05) is 26.7 Å². The molecule has 0 aromatic heterocycles. The lowest BCUT2D eigenvalue weighted by Gasteiger charge is -2.35. The second kappa shape index (κ2) is 9.92. The number of methoxy groups -OCH3 is 1. The Morgan fingerprint density at radius 2 is 1.82 bits per heavy atom. The van der Waals surface area contributed by atoms with Gasteiger partial charge in [-0.1, -0.05) is 29.8 Å². The Morgan fingerprint density at radius 3 is 2.39 bits per heavy atom. The molecule has 0 radical (unpaired) electrons. The normalized spacial score (nSPS) is 20.2. The molecule has 154 valence electrons. The monoisotopic (exact) mass is 386 g/mol. The minimum absolute atomic E-state index is 0.0178. The molecule has 0 saturated carbocycles. The highest BCUT2D eigenvalue weighted by Crippen LogP contribution is 2.25. The summed E-state index contributed by atoms with van der Waals surface area (Å²) in [6.07, 6.45) is 4.19. The van der Waals surface area contributed by atoms with Crippen molar-refractivity contribution in [2.75, 3.05) is 46.9 Å². The van der Waals surface area contributed by atoms with E-state index in [-0.39, 0.29) is 11.9 Å². The third kappa shape index (κ3) is 5.04. The standard InChI is InChI=1S/C22H34N4O2/c1-17-6-8-18(9-7-17)20(25-12-4-5-13-25)16-24-22(23-2)26-14-10-19(11-15-26)21(27)28-3/h6-9,19-20H,4-5,10-16H2,1-3H3,(H,23,24). The van der Waals surface area contributed by atoms with Crippen LogP contribution < -0.4 is 5.32 Å². The molecule has 1 N–H and O–H groups in total. The zero-order chi connectivity index (χ0) is 19.9. The second-order valence-corrected chi connectivity index (χ2v) is 7.88. The lowest BCUT2D eigenvalue weighted by atomic mass is 9.97. The van der Waals surface area contributed by atoms with Gasteiger partial charge in [-0.3, -0.25) is 14.7 Å². The predicted octanol–water partition coefficient (Wildman–Crippen LogP) is 2.59. The average molecular weight is 387 g/mol. The number of hydrogen-bond donors (Lipinski definition) is 1. The van der Waals surface area contributed by atoms with Gasteiger partial charge in [-0.05, 0) is 51.3 Å². The fraction of sp³-hybridized carbons (Fsp3) is 0.636. The Morgan fingerprint density at radius 1 is 1.18 bits per heavy atom. The molecule has 1 atom stereocenters. The molecule has 0 aliphatic carbocycles. The highest BCUT2D eigenvalue weighted by Gasteiger charge is 2.28. The Labute approximate surface area is 168 Å². The minimum atomic E-state index is -0.0870. The summed E-state index contributed by atoms with van der Waals surface area (Å²) in [7, 11) is 3.31. The Hall–Kier alpha value is -2.08. The van der Waals surface area contributed by atoms with Gasteiger partial charge in [0.25, 0.3) is 0 Å². The van der Waals surface area contributed by atoms with E-state index < -0.39 is 0 Å². The molecular weight excluding hydrogens is 352 g/mol. The van der Waals surface area contributed by atoms with Crippen LogP contribution in [0.15, 0.2) is 29.3 Å². The van der Waals surface area contributed by atoms with E-state index in [1.54, 1.807) is 0 Å². The van der Waals surface area contributed by atoms with Gasteiger partial charge in [0.15, 0.2) is 5.96 Å². The summed E-state index contributed by atoms with van der Waals surface area (Å²) in [5, 5.41) is 3.61. The molecule has 1 aromatic rings. The largest absolute Gasteiger partial charge is 0.469 e. The summed E-state index contributed by atoms with van der Waals surface area (Å²) in [5.41, 5.74) is 2.65. The third-order valence-corrected chi connectivity index (χ3v) is 6.04. The van der Waals surface area contributed by atoms with Crippen LogP contribution in [0.3, 0.4) is 0 Å². The van der Waals surface area contributed by atoms with Gasteiger partial charge in [0.1, 0.15) is 0 Å². The number of guanidine groups is 1. The van der Waals surface area contributed by atoms with E-state index in [4.69, 9.17) is 4.74 Å². The van der Waals surface area contributed by atoms with Crippen molar-refractivity contribution >= 4 is 11.9 Å². The predicted molar refractivity (Wildman–Crippen MR) is 112 cm³/mol. The summed E-state index contributed by atoms with van der Waals surface area (Å²) in [6.45, 7) is 6.95. The zero-order valence-electron chi connectivity index (χ0n) is 17.5. The summed E-state index contributed by atoms with van der Waals surface area (Å²) < 4.78 is 4.90. The highest BCUT2D eigenvalue weighted by molar-refractivity contribution is 5.80. The smallest absolute Gasteiger partial charge is 0.308 e. The van der Waals surface area contributed by atoms with Gasteiger partial charge in [-0.2, -0.15) is 0 Å². The molecule has 3 rings (SSSR count). The quantitative estimate of drug-likeness (QED) is 0.479. The van der Waals surface area contributed by atoms with Crippen molar-refractivity contribution in [3.63, 3.8) is 0 Å². The van der Waals surface area contributed by atoms with Gasteiger partial charge in [-0.25, -0.2) is 0 Å². The van der Waals surface area contributed by atoms with E-state index in [1.165, 1.54) is 31.1 Å².